The van der Waals surface area contributed by atoms with Crippen LogP contribution in [0.15, 0.2) is 42.9 Å². The molecule has 4 aromatic rings. The van der Waals surface area contributed by atoms with Gasteiger partial charge in [-0.1, -0.05) is 0 Å². The van der Waals surface area contributed by atoms with Gasteiger partial charge in [0.2, 0.25) is 11.9 Å². The molecule has 170 valence electrons. The topological polar surface area (TPSA) is 130 Å². The van der Waals surface area contributed by atoms with Crippen molar-refractivity contribution >= 4 is 29.0 Å². The number of nitrogens with one attached hydrogen (secondary N) is 4. The summed E-state index contributed by atoms with van der Waals surface area (Å²) in [7, 11) is 1.60. The number of anilines is 2. The standard InChI is InChI=1S/C23H26N8O2/c1-5-24-23(32)31-22-29-17-10-14(15-11-26-21(27-12-15)28-13(2)3)9-16(19(17)30-22)20-18(33-4)7-6-8-25-20/h6-13H,5H2,1-4H3,(H,26,27,28)(H3,24,29,30,31,32). The third kappa shape index (κ3) is 4.84. The molecule has 0 radical (unpaired) electrons. The maximum Gasteiger partial charge on any atom is 0.321 e. The highest BCUT2D eigenvalue weighted by Crippen LogP contribution is 2.36. The number of urea groups is 1. The van der Waals surface area contributed by atoms with Crippen molar-refractivity contribution in [2.45, 2.75) is 26.8 Å². The van der Waals surface area contributed by atoms with E-state index in [4.69, 9.17) is 4.74 Å². The normalized spacial score (nSPS) is 10.9. The van der Waals surface area contributed by atoms with Gasteiger partial charge < -0.3 is 20.4 Å². The van der Waals surface area contributed by atoms with Crippen LogP contribution in [0.25, 0.3) is 33.4 Å². The minimum atomic E-state index is -0.338. The number of methoxy groups -OCH3 is 1. The number of rotatable bonds is 7. The van der Waals surface area contributed by atoms with Crippen LogP contribution in [0, 0.1) is 0 Å². The van der Waals surface area contributed by atoms with E-state index in [1.165, 1.54) is 0 Å². The molecule has 3 heterocycles. The summed E-state index contributed by atoms with van der Waals surface area (Å²) in [6.07, 6.45) is 5.23. The average molecular weight is 447 g/mol. The van der Waals surface area contributed by atoms with Gasteiger partial charge in [0.25, 0.3) is 0 Å². The van der Waals surface area contributed by atoms with Crippen molar-refractivity contribution in [1.82, 2.24) is 30.2 Å². The lowest BCUT2D eigenvalue weighted by Gasteiger charge is -2.11. The van der Waals surface area contributed by atoms with Crippen LogP contribution in [-0.4, -0.2) is 50.6 Å². The Balaban J connectivity index is 1.84. The Morgan fingerprint density at radius 1 is 1.15 bits per heavy atom. The number of pyridine rings is 1. The molecule has 0 atom stereocenters. The number of hydrogen-bond acceptors (Lipinski definition) is 7. The van der Waals surface area contributed by atoms with Crippen LogP contribution in [0.2, 0.25) is 0 Å². The fourth-order valence-corrected chi connectivity index (χ4v) is 3.41. The number of nitrogens with zero attached hydrogens (tertiary/aromatic N) is 4. The summed E-state index contributed by atoms with van der Waals surface area (Å²) in [6, 6.07) is 7.45. The molecule has 0 aliphatic carbocycles. The van der Waals surface area contributed by atoms with Crippen LogP contribution in [0.5, 0.6) is 5.75 Å². The second kappa shape index (κ2) is 9.51. The van der Waals surface area contributed by atoms with Crippen LogP contribution in [0.1, 0.15) is 20.8 Å². The van der Waals surface area contributed by atoms with Gasteiger partial charge in [-0.25, -0.2) is 19.7 Å². The van der Waals surface area contributed by atoms with Gasteiger partial charge in [-0.3, -0.25) is 10.3 Å². The highest BCUT2D eigenvalue weighted by atomic mass is 16.5. The summed E-state index contributed by atoms with van der Waals surface area (Å²) in [5.74, 6) is 1.52. The number of imidazole rings is 1. The van der Waals surface area contributed by atoms with E-state index in [0.29, 0.717) is 35.4 Å². The highest BCUT2D eigenvalue weighted by Gasteiger charge is 2.17. The van der Waals surface area contributed by atoms with Gasteiger partial charge in [-0.05, 0) is 50.6 Å². The molecule has 0 saturated heterocycles. The molecular formula is C23H26N8O2. The van der Waals surface area contributed by atoms with Crippen LogP contribution >= 0.6 is 0 Å². The Labute approximate surface area is 191 Å². The largest absolute Gasteiger partial charge is 0.494 e. The minimum Gasteiger partial charge on any atom is -0.494 e. The fourth-order valence-electron chi connectivity index (χ4n) is 3.41. The molecule has 0 aliphatic heterocycles. The van der Waals surface area contributed by atoms with E-state index in [9.17, 15) is 4.79 Å². The lowest BCUT2D eigenvalue weighted by molar-refractivity contribution is 0.252. The van der Waals surface area contributed by atoms with E-state index in [0.717, 1.165) is 22.2 Å². The molecule has 0 unspecified atom stereocenters. The Hall–Kier alpha value is -4.21. The number of carbonyl (C=O) groups excluding carboxylic acids is 1. The van der Waals surface area contributed by atoms with Crippen molar-refractivity contribution in [1.29, 1.82) is 0 Å². The van der Waals surface area contributed by atoms with E-state index in [-0.39, 0.29) is 12.1 Å². The molecule has 1 aromatic carbocycles. The lowest BCUT2D eigenvalue weighted by Crippen LogP contribution is -2.28. The number of H-pyrrole nitrogens is 1. The maximum absolute atomic E-state index is 12.0. The fraction of sp³-hybridized carbons (Fsp3) is 0.261. The summed E-state index contributed by atoms with van der Waals surface area (Å²) in [5, 5.41) is 8.60. The molecule has 3 aromatic heterocycles. The van der Waals surface area contributed by atoms with Crippen molar-refractivity contribution in [2.75, 3.05) is 24.3 Å². The van der Waals surface area contributed by atoms with Gasteiger partial charge in [-0.15, -0.1) is 0 Å². The number of aromatic amines is 1. The first-order valence-electron chi connectivity index (χ1n) is 10.7. The number of benzene rings is 1. The maximum atomic E-state index is 12.0. The smallest absolute Gasteiger partial charge is 0.321 e. The Kier molecular flexibility index (Phi) is 6.34. The summed E-state index contributed by atoms with van der Waals surface area (Å²) in [6.45, 7) is 6.41. The monoisotopic (exact) mass is 446 g/mol. The van der Waals surface area contributed by atoms with Gasteiger partial charge in [0.05, 0.1) is 18.1 Å². The molecule has 0 bridgehead atoms. The number of aromatic nitrogens is 5. The van der Waals surface area contributed by atoms with E-state index in [1.54, 1.807) is 25.7 Å². The van der Waals surface area contributed by atoms with Crippen molar-refractivity contribution in [3.05, 3.63) is 42.9 Å². The lowest BCUT2D eigenvalue weighted by atomic mass is 10.0. The molecule has 4 N–H and O–H groups in total. The Morgan fingerprint density at radius 2 is 1.94 bits per heavy atom. The van der Waals surface area contributed by atoms with Gasteiger partial charge in [0, 0.05) is 42.3 Å². The van der Waals surface area contributed by atoms with Crippen molar-refractivity contribution < 1.29 is 9.53 Å². The van der Waals surface area contributed by atoms with Crippen LogP contribution < -0.4 is 20.7 Å². The first-order valence-corrected chi connectivity index (χ1v) is 10.7. The molecule has 0 spiro atoms. The number of amides is 2. The summed E-state index contributed by atoms with van der Waals surface area (Å²) < 4.78 is 5.54. The molecule has 2 amide bonds. The third-order valence-corrected chi connectivity index (χ3v) is 4.81. The van der Waals surface area contributed by atoms with Gasteiger partial charge in [0.15, 0.2) is 0 Å². The van der Waals surface area contributed by atoms with Crippen molar-refractivity contribution in [3.8, 4) is 28.1 Å². The minimum absolute atomic E-state index is 0.232. The molecule has 0 fully saturated rings. The van der Waals surface area contributed by atoms with Crippen molar-refractivity contribution in [3.63, 3.8) is 0 Å². The zero-order valence-electron chi connectivity index (χ0n) is 18.9. The molecule has 4 rings (SSSR count). The number of hydrogen-bond donors (Lipinski definition) is 4. The average Bonchev–Trinajstić information content (AvgIpc) is 3.20. The van der Waals surface area contributed by atoms with Crippen LogP contribution in [0.4, 0.5) is 16.7 Å². The summed E-state index contributed by atoms with van der Waals surface area (Å²) in [5.41, 5.74) is 4.49. The molecular weight excluding hydrogens is 420 g/mol. The second-order valence-corrected chi connectivity index (χ2v) is 7.64. The van der Waals surface area contributed by atoms with E-state index < -0.39 is 0 Å². The van der Waals surface area contributed by atoms with E-state index in [1.807, 2.05) is 45.0 Å². The molecule has 33 heavy (non-hydrogen) atoms. The second-order valence-electron chi connectivity index (χ2n) is 7.64. The predicted molar refractivity (Wildman–Crippen MR) is 128 cm³/mol. The molecule has 0 aliphatic rings. The Bertz CT molecular complexity index is 1270. The SMILES string of the molecule is CCNC(=O)Nc1nc2cc(-c3cnc(NC(C)C)nc3)cc(-c3ncccc3OC)c2[nH]1. The van der Waals surface area contributed by atoms with Crippen molar-refractivity contribution in [2.24, 2.45) is 0 Å². The Morgan fingerprint density at radius 3 is 2.64 bits per heavy atom. The number of ether oxygens (including phenoxy) is 1. The van der Waals surface area contributed by atoms with Crippen LogP contribution in [0.3, 0.4) is 0 Å². The molecule has 10 nitrogen and oxygen atoms in total. The molecule has 10 heteroatoms. The van der Waals surface area contributed by atoms with E-state index in [2.05, 4.69) is 40.9 Å². The number of fused-ring (bicyclic) bond motifs is 1. The van der Waals surface area contributed by atoms with Gasteiger partial charge in [0.1, 0.15) is 11.4 Å². The predicted octanol–water partition coefficient (Wildman–Crippen LogP) is 4.05. The third-order valence-electron chi connectivity index (χ3n) is 4.81. The summed E-state index contributed by atoms with van der Waals surface area (Å²) >= 11 is 0. The first kappa shape index (κ1) is 22.0. The quantitative estimate of drug-likeness (QED) is 0.337. The number of carbonyl (C=O) groups is 1. The van der Waals surface area contributed by atoms with Crippen LogP contribution in [-0.2, 0) is 0 Å². The zero-order chi connectivity index (χ0) is 23.4. The first-order chi connectivity index (χ1) is 16.0. The molecule has 0 saturated carbocycles. The highest BCUT2D eigenvalue weighted by molar-refractivity contribution is 5.98. The summed E-state index contributed by atoms with van der Waals surface area (Å²) in [4.78, 5) is 33.1. The van der Waals surface area contributed by atoms with Gasteiger partial charge >= 0.3 is 6.03 Å². The van der Waals surface area contributed by atoms with Gasteiger partial charge in [-0.2, -0.15) is 0 Å². The van der Waals surface area contributed by atoms with E-state index >= 15 is 0 Å². The zero-order valence-corrected chi connectivity index (χ0v) is 18.9.